The minimum absolute atomic E-state index is 0.217. The zero-order chi connectivity index (χ0) is 38.2. The van der Waals surface area contributed by atoms with Crippen molar-refractivity contribution in [3.05, 3.63) is 205 Å². The summed E-state index contributed by atoms with van der Waals surface area (Å²) in [6.07, 6.45) is -0.459. The standard InChI is InChI=1S/C53H35N3O2/c1-2-14-33(15-3-1)51-54-52(35-26-25-32-13-4-5-16-34(32)31-35)56-53(55-51)42-30-27-38(36-17-6-7-18-37(36)42)40-28-29-41(50-49(40)44-20-9-11-23-46(44)58-50)39-21-12-24-47-48(39)43-19-8-10-22-45(43)57-47/h1-31,51,53,55H,(H,54,56). The van der Waals surface area contributed by atoms with E-state index in [1.807, 2.05) is 24.3 Å². The van der Waals surface area contributed by atoms with Gasteiger partial charge in [-0.25, -0.2) is 4.99 Å². The van der Waals surface area contributed by atoms with Gasteiger partial charge in [0.2, 0.25) is 0 Å². The number of nitrogens with one attached hydrogen (secondary N) is 2. The number of hydrogen-bond acceptors (Lipinski definition) is 5. The summed E-state index contributed by atoms with van der Waals surface area (Å²) < 4.78 is 13.2. The zero-order valence-corrected chi connectivity index (χ0v) is 31.3. The van der Waals surface area contributed by atoms with Crippen LogP contribution in [0, 0.1) is 0 Å². The number of benzene rings is 9. The highest BCUT2D eigenvalue weighted by molar-refractivity contribution is 6.21. The lowest BCUT2D eigenvalue weighted by Crippen LogP contribution is -2.45. The molecule has 2 unspecified atom stereocenters. The second-order valence-corrected chi connectivity index (χ2v) is 15.1. The molecule has 12 rings (SSSR count). The van der Waals surface area contributed by atoms with Crippen molar-refractivity contribution in [3.63, 3.8) is 0 Å². The molecule has 2 aromatic heterocycles. The third kappa shape index (κ3) is 5.18. The molecule has 0 aliphatic carbocycles. The number of nitrogens with zero attached hydrogens (tertiary/aromatic N) is 1. The number of amidine groups is 1. The molecule has 5 nitrogen and oxygen atoms in total. The van der Waals surface area contributed by atoms with Gasteiger partial charge in [0, 0.05) is 32.7 Å². The third-order valence-electron chi connectivity index (χ3n) is 11.8. The van der Waals surface area contributed by atoms with Gasteiger partial charge in [0.25, 0.3) is 0 Å². The molecule has 2 N–H and O–H groups in total. The Hall–Kier alpha value is -7.47. The first kappa shape index (κ1) is 32.7. The van der Waals surface area contributed by atoms with E-state index in [4.69, 9.17) is 13.8 Å². The molecular formula is C53H35N3O2. The fourth-order valence-corrected chi connectivity index (χ4v) is 9.08. The van der Waals surface area contributed by atoms with Gasteiger partial charge in [0.1, 0.15) is 40.5 Å². The summed E-state index contributed by atoms with van der Waals surface area (Å²) >= 11 is 0. The van der Waals surface area contributed by atoms with Gasteiger partial charge in [0.05, 0.1) is 0 Å². The number of rotatable bonds is 5. The van der Waals surface area contributed by atoms with Crippen molar-refractivity contribution in [3.8, 4) is 22.3 Å². The summed E-state index contributed by atoms with van der Waals surface area (Å²) in [7, 11) is 0. The minimum Gasteiger partial charge on any atom is -0.456 e. The first-order valence-corrected chi connectivity index (χ1v) is 19.8. The Bertz CT molecular complexity index is 3430. The Morgan fingerprint density at radius 3 is 1.91 bits per heavy atom. The Balaban J connectivity index is 1.03. The van der Waals surface area contributed by atoms with Gasteiger partial charge in [-0.15, -0.1) is 0 Å². The quantitative estimate of drug-likeness (QED) is 0.184. The maximum absolute atomic E-state index is 6.84. The van der Waals surface area contributed by atoms with Crippen LogP contribution in [0.4, 0.5) is 0 Å². The minimum atomic E-state index is -0.242. The summed E-state index contributed by atoms with van der Waals surface area (Å²) in [6.45, 7) is 0. The number of para-hydroxylation sites is 2. The molecule has 2 atom stereocenters. The largest absolute Gasteiger partial charge is 0.456 e. The van der Waals surface area contributed by atoms with Crippen molar-refractivity contribution in [1.82, 2.24) is 10.6 Å². The van der Waals surface area contributed by atoms with Gasteiger partial charge in [-0.05, 0) is 79.7 Å². The van der Waals surface area contributed by atoms with Crippen molar-refractivity contribution < 1.29 is 8.83 Å². The second-order valence-electron chi connectivity index (χ2n) is 15.1. The molecule has 0 radical (unpaired) electrons. The highest BCUT2D eigenvalue weighted by Crippen LogP contribution is 2.46. The summed E-state index contributed by atoms with van der Waals surface area (Å²) in [5.74, 6) is 0.860. The Morgan fingerprint density at radius 1 is 0.431 bits per heavy atom. The van der Waals surface area contributed by atoms with Gasteiger partial charge >= 0.3 is 0 Å². The van der Waals surface area contributed by atoms with E-state index >= 15 is 0 Å². The SMILES string of the molecule is c1ccc(C2N=C(c3ccc4ccccc4c3)NC(c3ccc(-c4ccc(-c5cccc6oc7ccccc7c56)c5oc6ccccc6c45)c4ccccc34)N2)cc1. The van der Waals surface area contributed by atoms with Crippen LogP contribution in [0.15, 0.2) is 202 Å². The summed E-state index contributed by atoms with van der Waals surface area (Å²) in [6, 6.07) is 66.2. The van der Waals surface area contributed by atoms with Crippen LogP contribution in [0.3, 0.4) is 0 Å². The predicted molar refractivity (Wildman–Crippen MR) is 238 cm³/mol. The molecule has 0 saturated heterocycles. The van der Waals surface area contributed by atoms with Crippen LogP contribution in [0.2, 0.25) is 0 Å². The molecule has 0 fully saturated rings. The average Bonchev–Trinajstić information content (AvgIpc) is 3.88. The maximum Gasteiger partial charge on any atom is 0.143 e. The smallest absolute Gasteiger partial charge is 0.143 e. The maximum atomic E-state index is 6.84. The molecule has 0 saturated carbocycles. The van der Waals surface area contributed by atoms with Gasteiger partial charge in [-0.1, -0.05) is 158 Å². The van der Waals surface area contributed by atoms with E-state index in [0.29, 0.717) is 0 Å². The lowest BCUT2D eigenvalue weighted by molar-refractivity contribution is 0.411. The van der Waals surface area contributed by atoms with E-state index in [2.05, 4.69) is 174 Å². The van der Waals surface area contributed by atoms with Crippen LogP contribution in [-0.4, -0.2) is 5.84 Å². The van der Waals surface area contributed by atoms with Gasteiger partial charge in [-0.3, -0.25) is 5.32 Å². The predicted octanol–water partition coefficient (Wildman–Crippen LogP) is 13.5. The summed E-state index contributed by atoms with van der Waals surface area (Å²) in [4.78, 5) is 5.25. The highest BCUT2D eigenvalue weighted by atomic mass is 16.3. The van der Waals surface area contributed by atoms with Crippen LogP contribution in [-0.2, 0) is 0 Å². The van der Waals surface area contributed by atoms with Crippen LogP contribution >= 0.6 is 0 Å². The fraction of sp³-hybridized carbons (Fsp3) is 0.0377. The highest BCUT2D eigenvalue weighted by Gasteiger charge is 2.28. The second kappa shape index (κ2) is 13.1. The molecule has 274 valence electrons. The van der Waals surface area contributed by atoms with Gasteiger partial charge < -0.3 is 14.2 Å². The van der Waals surface area contributed by atoms with Crippen molar-refractivity contribution in [2.75, 3.05) is 0 Å². The number of aliphatic imine (C=N–C) groups is 1. The van der Waals surface area contributed by atoms with Crippen molar-refractivity contribution in [1.29, 1.82) is 0 Å². The molecule has 0 spiro atoms. The first-order valence-electron chi connectivity index (χ1n) is 19.8. The van der Waals surface area contributed by atoms with Gasteiger partial charge in [0.15, 0.2) is 0 Å². The Labute approximate surface area is 333 Å². The zero-order valence-electron chi connectivity index (χ0n) is 31.3. The van der Waals surface area contributed by atoms with E-state index in [0.717, 1.165) is 99.4 Å². The molecule has 1 aliphatic heterocycles. The van der Waals surface area contributed by atoms with Crippen molar-refractivity contribution in [2.24, 2.45) is 4.99 Å². The lowest BCUT2D eigenvalue weighted by Gasteiger charge is -2.33. The molecule has 9 aromatic carbocycles. The average molecular weight is 746 g/mol. The molecule has 3 heterocycles. The van der Waals surface area contributed by atoms with Crippen LogP contribution in [0.25, 0.3) is 87.7 Å². The Kier molecular flexibility index (Phi) is 7.37. The van der Waals surface area contributed by atoms with E-state index in [-0.39, 0.29) is 12.3 Å². The van der Waals surface area contributed by atoms with Crippen LogP contribution < -0.4 is 10.6 Å². The fourth-order valence-electron chi connectivity index (χ4n) is 9.08. The first-order chi connectivity index (χ1) is 28.7. The number of furan rings is 2. The van der Waals surface area contributed by atoms with Crippen molar-refractivity contribution in [2.45, 2.75) is 12.3 Å². The topological polar surface area (TPSA) is 62.7 Å². The lowest BCUT2D eigenvalue weighted by atomic mass is 9.89. The molecule has 5 heteroatoms. The molecule has 1 aliphatic rings. The molecule has 11 aromatic rings. The molecule has 58 heavy (non-hydrogen) atoms. The van der Waals surface area contributed by atoms with E-state index < -0.39 is 0 Å². The Morgan fingerprint density at radius 2 is 1.07 bits per heavy atom. The van der Waals surface area contributed by atoms with E-state index in [1.54, 1.807) is 0 Å². The van der Waals surface area contributed by atoms with Crippen LogP contribution in [0.1, 0.15) is 29.0 Å². The number of fused-ring (bicyclic) bond motifs is 8. The van der Waals surface area contributed by atoms with E-state index in [9.17, 15) is 0 Å². The third-order valence-corrected chi connectivity index (χ3v) is 11.8. The van der Waals surface area contributed by atoms with Crippen LogP contribution in [0.5, 0.6) is 0 Å². The van der Waals surface area contributed by atoms with E-state index in [1.165, 1.54) is 10.8 Å². The summed E-state index contributed by atoms with van der Waals surface area (Å²) in [5, 5.41) is 16.8. The molecular weight excluding hydrogens is 711 g/mol. The normalized spacial score (nSPS) is 15.8. The summed E-state index contributed by atoms with van der Waals surface area (Å²) in [5.41, 5.74) is 11.2. The monoisotopic (exact) mass is 745 g/mol. The van der Waals surface area contributed by atoms with Crippen molar-refractivity contribution >= 4 is 71.3 Å². The number of hydrogen-bond donors (Lipinski definition) is 2. The molecule has 0 bridgehead atoms. The molecule has 0 amide bonds. The van der Waals surface area contributed by atoms with Gasteiger partial charge in [-0.2, -0.15) is 0 Å².